The summed E-state index contributed by atoms with van der Waals surface area (Å²) in [5.74, 6) is -3.50. The molecule has 31 heavy (non-hydrogen) atoms. The SMILES string of the molecule is CCC[C@H](NC(=O)OC(C)(C)C)C(=O)N[C@@H](CNC(=O)[C@@H]1O[C@H]1C(=O)OCC)C(=O)O. The molecule has 1 rings (SSSR count). The minimum atomic E-state index is -1.46. The van der Waals surface area contributed by atoms with Crippen LogP contribution in [0.4, 0.5) is 4.79 Å². The molecule has 1 aliphatic rings. The van der Waals surface area contributed by atoms with Crippen LogP contribution in [0.3, 0.4) is 0 Å². The van der Waals surface area contributed by atoms with Crippen LogP contribution in [0.5, 0.6) is 0 Å². The van der Waals surface area contributed by atoms with Gasteiger partial charge in [0.1, 0.15) is 17.7 Å². The minimum absolute atomic E-state index is 0.135. The van der Waals surface area contributed by atoms with Gasteiger partial charge in [0.25, 0.3) is 5.91 Å². The van der Waals surface area contributed by atoms with Gasteiger partial charge in [0.05, 0.1) is 6.61 Å². The van der Waals surface area contributed by atoms with E-state index in [1.54, 1.807) is 34.6 Å². The van der Waals surface area contributed by atoms with E-state index in [4.69, 9.17) is 14.2 Å². The van der Waals surface area contributed by atoms with E-state index in [0.717, 1.165) is 0 Å². The lowest BCUT2D eigenvalue weighted by Gasteiger charge is -2.24. The van der Waals surface area contributed by atoms with Crippen molar-refractivity contribution >= 4 is 29.8 Å². The largest absolute Gasteiger partial charge is 0.480 e. The van der Waals surface area contributed by atoms with Gasteiger partial charge in [0, 0.05) is 6.54 Å². The Hall–Kier alpha value is -2.89. The van der Waals surface area contributed by atoms with Gasteiger partial charge >= 0.3 is 18.0 Å². The fourth-order valence-electron chi connectivity index (χ4n) is 2.50. The first-order valence-electron chi connectivity index (χ1n) is 10.0. The van der Waals surface area contributed by atoms with Crippen molar-refractivity contribution in [1.29, 1.82) is 0 Å². The van der Waals surface area contributed by atoms with Gasteiger partial charge in [-0.05, 0) is 34.1 Å². The number of carboxylic acid groups (broad SMARTS) is 1. The third-order valence-corrected chi connectivity index (χ3v) is 3.95. The number of carbonyl (C=O) groups is 5. The summed E-state index contributed by atoms with van der Waals surface area (Å²) in [7, 11) is 0. The van der Waals surface area contributed by atoms with Gasteiger partial charge in [-0.15, -0.1) is 0 Å². The van der Waals surface area contributed by atoms with Crippen molar-refractivity contribution in [2.24, 2.45) is 0 Å². The van der Waals surface area contributed by atoms with Crippen molar-refractivity contribution in [3.63, 3.8) is 0 Å². The smallest absolute Gasteiger partial charge is 0.408 e. The maximum Gasteiger partial charge on any atom is 0.408 e. The number of carbonyl (C=O) groups excluding carboxylic acids is 4. The van der Waals surface area contributed by atoms with Crippen LogP contribution in [0.25, 0.3) is 0 Å². The monoisotopic (exact) mass is 445 g/mol. The second-order valence-electron chi connectivity index (χ2n) is 7.86. The summed E-state index contributed by atoms with van der Waals surface area (Å²) < 4.78 is 14.8. The first kappa shape index (κ1) is 26.1. The van der Waals surface area contributed by atoms with E-state index in [2.05, 4.69) is 16.0 Å². The Bertz CT molecular complexity index is 690. The average molecular weight is 445 g/mol. The Kier molecular flexibility index (Phi) is 9.69. The van der Waals surface area contributed by atoms with Crippen LogP contribution in [-0.4, -0.2) is 78.0 Å². The van der Waals surface area contributed by atoms with E-state index in [9.17, 15) is 29.1 Å². The second-order valence-corrected chi connectivity index (χ2v) is 7.86. The van der Waals surface area contributed by atoms with Crippen LogP contribution in [0.2, 0.25) is 0 Å². The number of hydrogen-bond donors (Lipinski definition) is 4. The predicted molar refractivity (Wildman–Crippen MR) is 106 cm³/mol. The highest BCUT2D eigenvalue weighted by Gasteiger charge is 2.51. The molecule has 12 heteroatoms. The predicted octanol–water partition coefficient (Wildman–Crippen LogP) is -0.304. The van der Waals surface area contributed by atoms with Crippen molar-refractivity contribution in [2.75, 3.05) is 13.2 Å². The third-order valence-electron chi connectivity index (χ3n) is 3.95. The van der Waals surface area contributed by atoms with Gasteiger partial charge in [0.2, 0.25) is 5.91 Å². The number of rotatable bonds is 11. The Morgan fingerprint density at radius 1 is 1.03 bits per heavy atom. The van der Waals surface area contributed by atoms with Crippen LogP contribution in [-0.2, 0) is 33.4 Å². The molecule has 0 unspecified atom stereocenters. The van der Waals surface area contributed by atoms with Crippen LogP contribution >= 0.6 is 0 Å². The lowest BCUT2D eigenvalue weighted by Crippen LogP contribution is -2.55. The first-order chi connectivity index (χ1) is 14.4. The maximum atomic E-state index is 12.5. The van der Waals surface area contributed by atoms with Crippen molar-refractivity contribution in [3.8, 4) is 0 Å². The molecule has 12 nitrogen and oxygen atoms in total. The molecule has 4 atom stereocenters. The summed E-state index contributed by atoms with van der Waals surface area (Å²) in [6, 6.07) is -2.48. The second kappa shape index (κ2) is 11.5. The summed E-state index contributed by atoms with van der Waals surface area (Å²) in [4.78, 5) is 59.5. The number of alkyl carbamates (subject to hydrolysis) is 1. The highest BCUT2D eigenvalue weighted by Crippen LogP contribution is 2.23. The summed E-state index contributed by atoms with van der Waals surface area (Å²) in [5.41, 5.74) is -0.766. The van der Waals surface area contributed by atoms with E-state index in [0.29, 0.717) is 6.42 Å². The van der Waals surface area contributed by atoms with E-state index in [1.165, 1.54) is 0 Å². The summed E-state index contributed by atoms with van der Waals surface area (Å²) >= 11 is 0. The molecule has 1 aliphatic heterocycles. The molecule has 0 aromatic carbocycles. The first-order valence-corrected chi connectivity index (χ1v) is 10.0. The van der Waals surface area contributed by atoms with Gasteiger partial charge in [-0.25, -0.2) is 14.4 Å². The van der Waals surface area contributed by atoms with Gasteiger partial charge in [-0.3, -0.25) is 9.59 Å². The molecule has 0 aromatic heterocycles. The molecule has 1 saturated heterocycles. The minimum Gasteiger partial charge on any atom is -0.480 e. The van der Waals surface area contributed by atoms with Gasteiger partial charge < -0.3 is 35.3 Å². The summed E-state index contributed by atoms with van der Waals surface area (Å²) in [6.07, 6.45) is -2.11. The lowest BCUT2D eigenvalue weighted by atomic mass is 10.1. The zero-order chi connectivity index (χ0) is 23.8. The Morgan fingerprint density at radius 3 is 2.19 bits per heavy atom. The van der Waals surface area contributed by atoms with Crippen LogP contribution in [0.1, 0.15) is 47.5 Å². The number of carboxylic acids is 1. The topological polar surface area (TPSA) is 173 Å². The van der Waals surface area contributed by atoms with E-state index >= 15 is 0 Å². The molecule has 0 aromatic rings. The highest BCUT2D eigenvalue weighted by molar-refractivity contribution is 5.93. The standard InChI is InChI=1S/C19H31N3O9/c1-6-8-10(22-18(28)31-19(3,4)5)14(23)21-11(16(25)26)9-20-15(24)12-13(30-12)17(27)29-7-2/h10-13H,6-9H2,1-5H3,(H,20,24)(H,21,23)(H,22,28)(H,25,26)/t10-,11-,12+,13+/m0/s1. The fourth-order valence-corrected chi connectivity index (χ4v) is 2.50. The van der Waals surface area contributed by atoms with Gasteiger partial charge in [-0.2, -0.15) is 0 Å². The molecule has 3 amide bonds. The lowest BCUT2D eigenvalue weighted by molar-refractivity contribution is -0.145. The molecular formula is C19H31N3O9. The highest BCUT2D eigenvalue weighted by atomic mass is 16.6. The zero-order valence-corrected chi connectivity index (χ0v) is 18.4. The van der Waals surface area contributed by atoms with Crippen molar-refractivity contribution < 1.29 is 43.3 Å². The summed E-state index contributed by atoms with van der Waals surface area (Å²) in [6.45, 7) is 8.10. The quantitative estimate of drug-likeness (QED) is 0.246. The number of nitrogens with one attached hydrogen (secondary N) is 3. The molecule has 0 radical (unpaired) electrons. The van der Waals surface area contributed by atoms with E-state index in [1.807, 2.05) is 0 Å². The maximum absolute atomic E-state index is 12.5. The molecule has 0 aliphatic carbocycles. The van der Waals surface area contributed by atoms with Crippen LogP contribution < -0.4 is 16.0 Å². The Morgan fingerprint density at radius 2 is 1.68 bits per heavy atom. The van der Waals surface area contributed by atoms with Crippen molar-refractivity contribution in [2.45, 2.75) is 77.4 Å². The summed E-state index contributed by atoms with van der Waals surface area (Å²) in [5, 5.41) is 16.4. The molecular weight excluding hydrogens is 414 g/mol. The van der Waals surface area contributed by atoms with Gasteiger partial charge in [-0.1, -0.05) is 13.3 Å². The van der Waals surface area contributed by atoms with Gasteiger partial charge in [0.15, 0.2) is 12.2 Å². The number of aliphatic carboxylic acids is 1. The van der Waals surface area contributed by atoms with Crippen molar-refractivity contribution in [3.05, 3.63) is 0 Å². The van der Waals surface area contributed by atoms with Crippen molar-refractivity contribution in [1.82, 2.24) is 16.0 Å². The van der Waals surface area contributed by atoms with Crippen LogP contribution in [0.15, 0.2) is 0 Å². The third kappa shape index (κ3) is 9.20. The average Bonchev–Trinajstić information content (AvgIpc) is 3.43. The number of ether oxygens (including phenoxy) is 3. The molecule has 1 fully saturated rings. The fraction of sp³-hybridized carbons (Fsp3) is 0.737. The molecule has 0 spiro atoms. The van der Waals surface area contributed by atoms with Crippen LogP contribution in [0, 0.1) is 0 Å². The number of amides is 3. The molecule has 4 N–H and O–H groups in total. The molecule has 1 heterocycles. The Balaban J connectivity index is 2.62. The number of epoxide rings is 1. The zero-order valence-electron chi connectivity index (χ0n) is 18.4. The molecule has 0 bridgehead atoms. The normalized spacial score (nSPS) is 19.4. The number of hydrogen-bond acceptors (Lipinski definition) is 8. The van der Waals surface area contributed by atoms with E-state index < -0.39 is 66.3 Å². The van der Waals surface area contributed by atoms with E-state index in [-0.39, 0.29) is 13.0 Å². The molecule has 176 valence electrons. The molecule has 0 saturated carbocycles. The Labute approximate surface area is 180 Å². The number of esters is 1.